The molecule has 0 saturated heterocycles. The van der Waals surface area contributed by atoms with Crippen molar-refractivity contribution in [1.82, 2.24) is 10.3 Å². The molecule has 0 spiro atoms. The van der Waals surface area contributed by atoms with Gasteiger partial charge >= 0.3 is 0 Å². The summed E-state index contributed by atoms with van der Waals surface area (Å²) in [6.45, 7) is 11.0. The molecule has 0 aromatic carbocycles. The zero-order chi connectivity index (χ0) is 15.2. The second kappa shape index (κ2) is 8.03. The fraction of sp³-hybridized carbons (Fsp3) is 0.562. The van der Waals surface area contributed by atoms with Crippen molar-refractivity contribution < 1.29 is 4.74 Å². The molecule has 2 aromatic rings. The van der Waals surface area contributed by atoms with Crippen LogP contribution in [0.5, 0.6) is 0 Å². The average Bonchev–Trinajstić information content (AvgIpc) is 2.99. The van der Waals surface area contributed by atoms with E-state index < -0.39 is 0 Å². The number of thiophene rings is 1. The van der Waals surface area contributed by atoms with Crippen molar-refractivity contribution in [3.8, 4) is 0 Å². The van der Waals surface area contributed by atoms with Gasteiger partial charge in [0.2, 0.25) is 0 Å². The summed E-state index contributed by atoms with van der Waals surface area (Å²) >= 11 is 3.58. The lowest BCUT2D eigenvalue weighted by atomic mass is 10.2. The van der Waals surface area contributed by atoms with Crippen LogP contribution in [0.3, 0.4) is 0 Å². The van der Waals surface area contributed by atoms with Crippen LogP contribution in [0.15, 0.2) is 11.6 Å². The summed E-state index contributed by atoms with van der Waals surface area (Å²) in [5.41, 5.74) is 4.36. The first-order chi connectivity index (χ1) is 10.1. The Morgan fingerprint density at radius 3 is 2.81 bits per heavy atom. The molecule has 0 amide bonds. The summed E-state index contributed by atoms with van der Waals surface area (Å²) in [4.78, 5) is 8.35. The number of hydrogen-bond acceptors (Lipinski definition) is 5. The Hall–Kier alpha value is -0.750. The molecule has 3 nitrogen and oxygen atoms in total. The third-order valence-electron chi connectivity index (χ3n) is 3.33. The van der Waals surface area contributed by atoms with Crippen molar-refractivity contribution >= 4 is 22.7 Å². The zero-order valence-electron chi connectivity index (χ0n) is 13.2. The van der Waals surface area contributed by atoms with Crippen LogP contribution in [0.1, 0.15) is 39.7 Å². The Kier molecular flexibility index (Phi) is 6.36. The number of nitrogens with zero attached hydrogens (tertiary/aromatic N) is 1. The summed E-state index contributed by atoms with van der Waals surface area (Å²) in [7, 11) is 0. The minimum atomic E-state index is 0.523. The fourth-order valence-corrected chi connectivity index (χ4v) is 3.80. The standard InChI is InChI=1S/C16H24N2OS2/c1-11(2)17-8-15-7-14(13(4)21-15)9-19-6-5-16-12(3)18-10-20-16/h7,10-11,17H,5-6,8-9H2,1-4H3. The molecule has 0 radical (unpaired) electrons. The molecule has 0 aliphatic carbocycles. The molecular formula is C16H24N2OS2. The SMILES string of the molecule is Cc1ncsc1CCOCc1cc(CNC(C)C)sc1C. The van der Waals surface area contributed by atoms with Crippen molar-refractivity contribution in [2.75, 3.05) is 6.61 Å². The van der Waals surface area contributed by atoms with Gasteiger partial charge < -0.3 is 10.1 Å². The number of ether oxygens (including phenoxy) is 1. The first-order valence-electron chi connectivity index (χ1n) is 7.34. The molecule has 1 N–H and O–H groups in total. The monoisotopic (exact) mass is 324 g/mol. The predicted molar refractivity (Wildman–Crippen MR) is 91.2 cm³/mol. The van der Waals surface area contributed by atoms with Gasteiger partial charge in [-0.2, -0.15) is 0 Å². The van der Waals surface area contributed by atoms with Crippen molar-refractivity contribution in [3.05, 3.63) is 37.5 Å². The van der Waals surface area contributed by atoms with Crippen LogP contribution in [-0.2, 0) is 24.3 Å². The highest BCUT2D eigenvalue weighted by atomic mass is 32.1. The molecule has 0 fully saturated rings. The van der Waals surface area contributed by atoms with Crippen LogP contribution in [0.25, 0.3) is 0 Å². The van der Waals surface area contributed by atoms with Crippen LogP contribution in [0.2, 0.25) is 0 Å². The van der Waals surface area contributed by atoms with E-state index in [0.29, 0.717) is 12.6 Å². The molecule has 2 rings (SSSR count). The molecule has 0 aliphatic rings. The van der Waals surface area contributed by atoms with Gasteiger partial charge in [0, 0.05) is 33.6 Å². The Balaban J connectivity index is 1.76. The largest absolute Gasteiger partial charge is 0.376 e. The van der Waals surface area contributed by atoms with E-state index in [9.17, 15) is 0 Å². The lowest BCUT2D eigenvalue weighted by Gasteiger charge is -2.05. The van der Waals surface area contributed by atoms with E-state index in [0.717, 1.165) is 25.3 Å². The van der Waals surface area contributed by atoms with Gasteiger partial charge in [0.1, 0.15) is 0 Å². The summed E-state index contributed by atoms with van der Waals surface area (Å²) < 4.78 is 5.83. The van der Waals surface area contributed by atoms with Crippen molar-refractivity contribution in [3.63, 3.8) is 0 Å². The average molecular weight is 325 g/mol. The Labute approximate surface area is 135 Å². The molecule has 0 aliphatic heterocycles. The van der Waals surface area contributed by atoms with E-state index in [2.05, 4.69) is 44.1 Å². The van der Waals surface area contributed by atoms with Gasteiger partial charge in [0.15, 0.2) is 0 Å². The minimum absolute atomic E-state index is 0.523. The normalized spacial score (nSPS) is 11.5. The number of nitrogens with one attached hydrogen (secondary N) is 1. The first-order valence-corrected chi connectivity index (χ1v) is 9.04. The Morgan fingerprint density at radius 1 is 1.33 bits per heavy atom. The number of hydrogen-bond donors (Lipinski definition) is 1. The molecule has 21 heavy (non-hydrogen) atoms. The summed E-state index contributed by atoms with van der Waals surface area (Å²) in [6, 6.07) is 2.79. The minimum Gasteiger partial charge on any atom is -0.376 e. The third-order valence-corrected chi connectivity index (χ3v) is 5.42. The van der Waals surface area contributed by atoms with Gasteiger partial charge in [0.05, 0.1) is 24.4 Å². The highest BCUT2D eigenvalue weighted by Crippen LogP contribution is 2.22. The fourth-order valence-electron chi connectivity index (χ4n) is 2.04. The lowest BCUT2D eigenvalue weighted by molar-refractivity contribution is 0.124. The highest BCUT2D eigenvalue weighted by molar-refractivity contribution is 7.12. The van der Waals surface area contributed by atoms with Gasteiger partial charge in [-0.05, 0) is 25.5 Å². The molecule has 0 saturated carbocycles. The maximum absolute atomic E-state index is 5.83. The van der Waals surface area contributed by atoms with Crippen molar-refractivity contribution in [2.24, 2.45) is 0 Å². The smallest absolute Gasteiger partial charge is 0.0797 e. The molecule has 0 bridgehead atoms. The van der Waals surface area contributed by atoms with E-state index in [4.69, 9.17) is 4.74 Å². The number of thiazole rings is 1. The summed E-state index contributed by atoms with van der Waals surface area (Å²) in [5, 5.41) is 3.46. The molecule has 5 heteroatoms. The van der Waals surface area contributed by atoms with E-state index in [1.54, 1.807) is 11.3 Å². The number of aryl methyl sites for hydroxylation is 2. The maximum Gasteiger partial charge on any atom is 0.0797 e. The molecular weight excluding hydrogens is 300 g/mol. The molecule has 116 valence electrons. The van der Waals surface area contributed by atoms with E-state index >= 15 is 0 Å². The van der Waals surface area contributed by atoms with Gasteiger partial charge in [0.25, 0.3) is 0 Å². The van der Waals surface area contributed by atoms with Crippen molar-refractivity contribution in [1.29, 1.82) is 0 Å². The van der Waals surface area contributed by atoms with Crippen LogP contribution in [0, 0.1) is 13.8 Å². The second-order valence-electron chi connectivity index (χ2n) is 5.49. The highest BCUT2D eigenvalue weighted by Gasteiger charge is 2.07. The summed E-state index contributed by atoms with van der Waals surface area (Å²) in [5.74, 6) is 0. The molecule has 0 unspecified atom stereocenters. The van der Waals surface area contributed by atoms with Gasteiger partial charge in [-0.3, -0.25) is 0 Å². The van der Waals surface area contributed by atoms with Crippen LogP contribution < -0.4 is 5.32 Å². The van der Waals surface area contributed by atoms with Gasteiger partial charge in [-0.1, -0.05) is 13.8 Å². The van der Waals surface area contributed by atoms with E-state index in [1.807, 2.05) is 16.8 Å². The van der Waals surface area contributed by atoms with Gasteiger partial charge in [-0.25, -0.2) is 4.98 Å². The first kappa shape index (κ1) is 16.6. The van der Waals surface area contributed by atoms with Crippen molar-refractivity contribution in [2.45, 2.75) is 53.3 Å². The number of rotatable bonds is 8. The molecule has 2 aromatic heterocycles. The predicted octanol–water partition coefficient (Wildman–Crippen LogP) is 4.08. The quantitative estimate of drug-likeness (QED) is 0.743. The summed E-state index contributed by atoms with van der Waals surface area (Å²) in [6.07, 6.45) is 0.960. The number of aromatic nitrogens is 1. The Morgan fingerprint density at radius 2 is 2.14 bits per heavy atom. The van der Waals surface area contributed by atoms with E-state index in [-0.39, 0.29) is 0 Å². The van der Waals surface area contributed by atoms with Crippen LogP contribution in [-0.4, -0.2) is 17.6 Å². The molecule has 0 atom stereocenters. The topological polar surface area (TPSA) is 34.1 Å². The maximum atomic E-state index is 5.83. The molecule has 2 heterocycles. The van der Waals surface area contributed by atoms with Gasteiger partial charge in [-0.15, -0.1) is 22.7 Å². The van der Waals surface area contributed by atoms with Crippen LogP contribution >= 0.6 is 22.7 Å². The third kappa shape index (κ3) is 5.18. The van der Waals surface area contributed by atoms with Crippen LogP contribution in [0.4, 0.5) is 0 Å². The zero-order valence-corrected chi connectivity index (χ0v) is 14.9. The lowest BCUT2D eigenvalue weighted by Crippen LogP contribution is -2.21. The Bertz CT molecular complexity index is 560. The van der Waals surface area contributed by atoms with E-state index in [1.165, 1.54) is 20.2 Å². The second-order valence-corrected chi connectivity index (χ2v) is 7.77.